The average molecular weight is 419 g/mol. The lowest BCUT2D eigenvalue weighted by Crippen LogP contribution is -2.40. The third-order valence-electron chi connectivity index (χ3n) is 4.39. The minimum absolute atomic E-state index is 0.0549. The Morgan fingerprint density at radius 2 is 1.76 bits per heavy atom. The van der Waals surface area contributed by atoms with E-state index >= 15 is 0 Å². The van der Waals surface area contributed by atoms with Gasteiger partial charge in [-0.1, -0.05) is 23.8 Å². The molecule has 158 valence electrons. The number of ether oxygens (including phenoxy) is 1. The number of hydrogen-bond donors (Lipinski definition) is 1. The van der Waals surface area contributed by atoms with E-state index in [0.717, 1.165) is 16.7 Å². The van der Waals surface area contributed by atoms with Gasteiger partial charge in [-0.3, -0.25) is 4.79 Å². The Labute approximate surface area is 173 Å². The van der Waals surface area contributed by atoms with Crippen LogP contribution in [0.1, 0.15) is 47.8 Å². The van der Waals surface area contributed by atoms with E-state index in [2.05, 4.69) is 10.8 Å². The Morgan fingerprint density at radius 3 is 2.31 bits per heavy atom. The number of rotatable bonds is 6. The topological polar surface area (TPSA) is 75.7 Å². The van der Waals surface area contributed by atoms with Crippen molar-refractivity contribution >= 4 is 15.9 Å². The lowest BCUT2D eigenvalue weighted by atomic mass is 10.1. The van der Waals surface area contributed by atoms with Gasteiger partial charge in [-0.05, 0) is 63.9 Å². The fraction of sp³-hybridized carbons (Fsp3) is 0.409. The summed E-state index contributed by atoms with van der Waals surface area (Å²) in [6, 6.07) is 10.5. The Kier molecular flexibility index (Phi) is 6.75. The molecule has 0 aliphatic carbocycles. The highest BCUT2D eigenvalue weighted by Crippen LogP contribution is 2.27. The van der Waals surface area contributed by atoms with Gasteiger partial charge in [-0.2, -0.15) is 0 Å². The van der Waals surface area contributed by atoms with Crippen LogP contribution < -0.4 is 9.46 Å². The van der Waals surface area contributed by atoms with Crippen molar-refractivity contribution in [2.75, 3.05) is 14.2 Å². The second-order valence-electron chi connectivity index (χ2n) is 8.31. The molecule has 0 spiro atoms. The van der Waals surface area contributed by atoms with E-state index in [0.29, 0.717) is 6.54 Å². The monoisotopic (exact) mass is 418 g/mol. The maximum atomic E-state index is 13.0. The zero-order chi connectivity index (χ0) is 22.0. The molecule has 0 radical (unpaired) electrons. The van der Waals surface area contributed by atoms with Crippen LogP contribution in [-0.2, 0) is 16.6 Å². The molecule has 0 aliphatic rings. The number of nitrogens with one attached hydrogen (secondary N) is 1. The molecule has 0 aromatic heterocycles. The Balaban J connectivity index is 2.35. The van der Waals surface area contributed by atoms with Gasteiger partial charge >= 0.3 is 0 Å². The van der Waals surface area contributed by atoms with Crippen LogP contribution in [0.5, 0.6) is 5.75 Å². The molecule has 0 heterocycles. The molecule has 2 aromatic carbocycles. The van der Waals surface area contributed by atoms with Crippen LogP contribution in [0.4, 0.5) is 0 Å². The second-order valence-corrected chi connectivity index (χ2v) is 9.96. The van der Waals surface area contributed by atoms with Gasteiger partial charge in [-0.15, -0.1) is 0 Å². The Morgan fingerprint density at radius 1 is 1.10 bits per heavy atom. The average Bonchev–Trinajstić information content (AvgIpc) is 2.60. The van der Waals surface area contributed by atoms with Crippen molar-refractivity contribution in [2.24, 2.45) is 0 Å². The number of sulfonamides is 1. The molecule has 0 unspecified atom stereocenters. The number of carbonyl (C=O) groups is 1. The highest BCUT2D eigenvalue weighted by atomic mass is 32.2. The highest BCUT2D eigenvalue weighted by Gasteiger charge is 2.27. The first-order chi connectivity index (χ1) is 13.3. The minimum Gasteiger partial charge on any atom is -0.495 e. The summed E-state index contributed by atoms with van der Waals surface area (Å²) in [6.45, 7) is 9.73. The molecule has 0 aliphatic heterocycles. The van der Waals surface area contributed by atoms with Crippen molar-refractivity contribution in [2.45, 2.75) is 51.6 Å². The third-order valence-corrected chi connectivity index (χ3v) is 6.17. The van der Waals surface area contributed by atoms with Crippen LogP contribution in [0.3, 0.4) is 0 Å². The molecule has 0 bridgehead atoms. The van der Waals surface area contributed by atoms with Crippen LogP contribution in [-0.4, -0.2) is 38.9 Å². The maximum Gasteiger partial charge on any atom is 0.253 e. The van der Waals surface area contributed by atoms with Crippen molar-refractivity contribution in [3.63, 3.8) is 0 Å². The largest absolute Gasteiger partial charge is 0.495 e. The van der Waals surface area contributed by atoms with E-state index in [4.69, 9.17) is 4.74 Å². The lowest BCUT2D eigenvalue weighted by Gasteiger charge is -2.22. The lowest BCUT2D eigenvalue weighted by molar-refractivity contribution is 0.0784. The molecule has 2 rings (SSSR count). The first-order valence-corrected chi connectivity index (χ1v) is 10.9. The van der Waals surface area contributed by atoms with E-state index in [1.54, 1.807) is 38.8 Å². The van der Waals surface area contributed by atoms with E-state index < -0.39 is 15.6 Å². The predicted molar refractivity (Wildman–Crippen MR) is 115 cm³/mol. The van der Waals surface area contributed by atoms with E-state index in [1.807, 2.05) is 26.0 Å². The number of amides is 1. The van der Waals surface area contributed by atoms with Crippen molar-refractivity contribution in [3.05, 3.63) is 58.7 Å². The van der Waals surface area contributed by atoms with Gasteiger partial charge in [0, 0.05) is 24.7 Å². The molecule has 2 aromatic rings. The molecule has 29 heavy (non-hydrogen) atoms. The maximum absolute atomic E-state index is 13.0. The minimum atomic E-state index is -3.86. The fourth-order valence-corrected chi connectivity index (χ4v) is 4.66. The highest BCUT2D eigenvalue weighted by molar-refractivity contribution is 7.89. The molecule has 7 heteroatoms. The molecule has 0 saturated heterocycles. The second kappa shape index (κ2) is 8.55. The van der Waals surface area contributed by atoms with E-state index in [9.17, 15) is 13.2 Å². The van der Waals surface area contributed by atoms with E-state index in [-0.39, 0.29) is 22.1 Å². The van der Waals surface area contributed by atoms with Crippen LogP contribution in [0.2, 0.25) is 0 Å². The summed E-state index contributed by atoms with van der Waals surface area (Å²) in [6.07, 6.45) is 0. The van der Waals surface area contributed by atoms with Gasteiger partial charge in [0.15, 0.2) is 0 Å². The smallest absolute Gasteiger partial charge is 0.253 e. The van der Waals surface area contributed by atoms with Crippen molar-refractivity contribution in [1.29, 1.82) is 0 Å². The molecule has 0 saturated carbocycles. The first-order valence-electron chi connectivity index (χ1n) is 9.37. The van der Waals surface area contributed by atoms with E-state index in [1.165, 1.54) is 19.2 Å². The number of nitrogens with zero attached hydrogens (tertiary/aromatic N) is 1. The van der Waals surface area contributed by atoms with Crippen molar-refractivity contribution in [1.82, 2.24) is 9.62 Å². The number of benzene rings is 2. The summed E-state index contributed by atoms with van der Waals surface area (Å²) >= 11 is 0. The normalized spacial score (nSPS) is 12.0. The van der Waals surface area contributed by atoms with Gasteiger partial charge in [0.25, 0.3) is 5.91 Å². The standard InChI is InChI=1S/C22H30N2O4S/c1-15-8-9-18(16(2)12-15)14-24(6)21(25)17-10-11-19(28-7)20(13-17)29(26,27)23-22(3,4)5/h8-13,23H,14H2,1-7H3. The van der Waals surface area contributed by atoms with Crippen LogP contribution in [0.25, 0.3) is 0 Å². The summed E-state index contributed by atoms with van der Waals surface area (Å²) in [5.74, 6) is -0.0739. The quantitative estimate of drug-likeness (QED) is 0.777. The molecule has 1 amide bonds. The van der Waals surface area contributed by atoms with Crippen LogP contribution in [0.15, 0.2) is 41.3 Å². The molecule has 1 N–H and O–H groups in total. The number of methoxy groups -OCH3 is 1. The molecular weight excluding hydrogens is 388 g/mol. The summed E-state index contributed by atoms with van der Waals surface area (Å²) in [7, 11) is -0.755. The molecular formula is C22H30N2O4S. The van der Waals surface area contributed by atoms with Gasteiger partial charge in [-0.25, -0.2) is 13.1 Å². The third kappa shape index (κ3) is 5.81. The summed E-state index contributed by atoms with van der Waals surface area (Å²) in [5, 5.41) is 0. The molecule has 6 nitrogen and oxygen atoms in total. The summed E-state index contributed by atoms with van der Waals surface area (Å²) in [4.78, 5) is 14.5. The van der Waals surface area contributed by atoms with Gasteiger partial charge in [0.05, 0.1) is 7.11 Å². The fourth-order valence-electron chi connectivity index (χ4n) is 3.05. The number of carbonyl (C=O) groups excluding carboxylic acids is 1. The van der Waals surface area contributed by atoms with Crippen molar-refractivity contribution in [3.8, 4) is 5.75 Å². The van der Waals surface area contributed by atoms with Gasteiger partial charge < -0.3 is 9.64 Å². The summed E-state index contributed by atoms with van der Waals surface area (Å²) < 4.78 is 33.5. The van der Waals surface area contributed by atoms with Gasteiger partial charge in [0.1, 0.15) is 10.6 Å². The predicted octanol–water partition coefficient (Wildman–Crippen LogP) is 3.66. The van der Waals surface area contributed by atoms with Crippen LogP contribution in [0, 0.1) is 13.8 Å². The Bertz CT molecular complexity index is 1010. The zero-order valence-electron chi connectivity index (χ0n) is 18.2. The zero-order valence-corrected chi connectivity index (χ0v) is 19.0. The summed E-state index contributed by atoms with van der Waals surface area (Å²) in [5.41, 5.74) is 2.94. The SMILES string of the molecule is COc1ccc(C(=O)N(C)Cc2ccc(C)cc2C)cc1S(=O)(=O)NC(C)(C)C. The van der Waals surface area contributed by atoms with Gasteiger partial charge in [0.2, 0.25) is 10.0 Å². The first kappa shape index (κ1) is 22.9. The number of aryl methyl sites for hydroxylation is 2. The number of hydrogen-bond acceptors (Lipinski definition) is 4. The molecule has 0 atom stereocenters. The molecule has 0 fully saturated rings. The van der Waals surface area contributed by atoms with Crippen molar-refractivity contribution < 1.29 is 17.9 Å². The van der Waals surface area contributed by atoms with Crippen LogP contribution >= 0.6 is 0 Å². The Hall–Kier alpha value is -2.38.